The number of carbonyl (C=O) groups is 2. The van der Waals surface area contributed by atoms with Crippen molar-refractivity contribution in [2.75, 3.05) is 11.9 Å². The quantitative estimate of drug-likeness (QED) is 0.613. The molecule has 0 radical (unpaired) electrons. The number of aromatic amines is 1. The second-order valence-corrected chi connectivity index (χ2v) is 8.78. The summed E-state index contributed by atoms with van der Waals surface area (Å²) in [5, 5.41) is 7.44. The van der Waals surface area contributed by atoms with Gasteiger partial charge < -0.3 is 15.2 Å². The Labute approximate surface area is 172 Å². The Morgan fingerprint density at radius 3 is 2.90 bits per heavy atom. The third-order valence-electron chi connectivity index (χ3n) is 5.75. The van der Waals surface area contributed by atoms with E-state index in [-0.39, 0.29) is 18.0 Å². The number of aromatic nitrogens is 2. The first-order valence-corrected chi connectivity index (χ1v) is 10.9. The van der Waals surface area contributed by atoms with E-state index in [0.29, 0.717) is 30.2 Å². The van der Waals surface area contributed by atoms with Gasteiger partial charge in [0.05, 0.1) is 17.8 Å². The summed E-state index contributed by atoms with van der Waals surface area (Å²) in [6.07, 6.45) is 6.94. The number of anilines is 1. The van der Waals surface area contributed by atoms with Crippen molar-refractivity contribution < 1.29 is 9.59 Å². The molecular weight excluding hydrogens is 386 g/mol. The van der Waals surface area contributed by atoms with E-state index in [4.69, 9.17) is 0 Å². The van der Waals surface area contributed by atoms with Crippen molar-refractivity contribution in [2.45, 2.75) is 44.7 Å². The average Bonchev–Trinajstić information content (AvgIpc) is 3.46. The van der Waals surface area contributed by atoms with Crippen LogP contribution in [0.1, 0.15) is 46.6 Å². The molecule has 0 saturated heterocycles. The Balaban J connectivity index is 1.27. The van der Waals surface area contributed by atoms with Crippen molar-refractivity contribution in [2.24, 2.45) is 0 Å². The molecule has 0 spiro atoms. The predicted octanol–water partition coefficient (Wildman–Crippen LogP) is 3.89. The fourth-order valence-corrected chi connectivity index (χ4v) is 5.25. The molecular formula is C21H23N5O2S. The first kappa shape index (κ1) is 18.2. The molecule has 29 heavy (non-hydrogen) atoms. The van der Waals surface area contributed by atoms with Crippen molar-refractivity contribution >= 4 is 39.3 Å². The van der Waals surface area contributed by atoms with Crippen LogP contribution >= 0.6 is 11.3 Å². The van der Waals surface area contributed by atoms with Crippen LogP contribution in [0.25, 0.3) is 10.9 Å². The van der Waals surface area contributed by atoms with Crippen LogP contribution in [-0.4, -0.2) is 39.4 Å². The lowest BCUT2D eigenvalue weighted by Crippen LogP contribution is -2.36. The van der Waals surface area contributed by atoms with Crippen molar-refractivity contribution in [1.29, 1.82) is 0 Å². The number of amides is 3. The number of thiazole rings is 1. The minimum atomic E-state index is -0.185. The Morgan fingerprint density at radius 1 is 1.21 bits per heavy atom. The fraction of sp³-hybridized carbons (Fsp3) is 0.381. The normalized spacial score (nSPS) is 16.8. The molecule has 3 heterocycles. The first-order valence-electron chi connectivity index (χ1n) is 10.1. The number of rotatable bonds is 3. The second-order valence-electron chi connectivity index (χ2n) is 7.69. The van der Waals surface area contributed by atoms with Gasteiger partial charge in [0.25, 0.3) is 5.91 Å². The van der Waals surface area contributed by atoms with Crippen LogP contribution in [0.5, 0.6) is 0 Å². The topological polar surface area (TPSA) is 90.1 Å². The first-order chi connectivity index (χ1) is 14.2. The molecule has 150 valence electrons. The van der Waals surface area contributed by atoms with Crippen LogP contribution in [0.3, 0.4) is 0 Å². The smallest absolute Gasteiger partial charge is 0.321 e. The summed E-state index contributed by atoms with van der Waals surface area (Å²) in [6.45, 7) is 1.15. The standard InChI is InChI=1S/C21H23N5O2S/c27-19(15-11-22-16-8-4-3-7-14(15)16)26-10-9-17-18(12-26)29-21(24-17)25-20(28)23-13-5-1-2-6-13/h3-4,7-8,11,13,22H,1-2,5-6,9-10,12H2,(H2,23,24,25,28). The SMILES string of the molecule is O=C(Nc1nc2c(s1)CN(C(=O)c1c[nH]c3ccccc13)CC2)NC1CCCC1. The number of H-pyrrole nitrogens is 1. The van der Waals surface area contributed by atoms with Gasteiger partial charge in [0, 0.05) is 41.0 Å². The summed E-state index contributed by atoms with van der Waals surface area (Å²) in [4.78, 5) is 35.9. The van der Waals surface area contributed by atoms with E-state index in [9.17, 15) is 9.59 Å². The second kappa shape index (κ2) is 7.51. The maximum atomic E-state index is 13.1. The molecule has 1 aromatic carbocycles. The van der Waals surface area contributed by atoms with Gasteiger partial charge in [-0.3, -0.25) is 10.1 Å². The molecule has 8 heteroatoms. The lowest BCUT2D eigenvalue weighted by molar-refractivity contribution is 0.0738. The van der Waals surface area contributed by atoms with Gasteiger partial charge in [-0.25, -0.2) is 9.78 Å². The van der Waals surface area contributed by atoms with Crippen LogP contribution in [0, 0.1) is 0 Å². The van der Waals surface area contributed by atoms with Crippen LogP contribution in [0.15, 0.2) is 30.5 Å². The third-order valence-corrected chi connectivity index (χ3v) is 6.75. The minimum absolute atomic E-state index is 0.0231. The van der Waals surface area contributed by atoms with E-state index in [1.165, 1.54) is 24.2 Å². The fourth-order valence-electron chi connectivity index (χ4n) is 4.23. The van der Waals surface area contributed by atoms with E-state index in [1.54, 1.807) is 6.20 Å². The lowest BCUT2D eigenvalue weighted by Gasteiger charge is -2.25. The molecule has 1 fully saturated rings. The number of nitrogens with zero attached hydrogens (tertiary/aromatic N) is 2. The van der Waals surface area contributed by atoms with Gasteiger partial charge in [-0.1, -0.05) is 42.4 Å². The van der Waals surface area contributed by atoms with E-state index in [1.807, 2.05) is 29.2 Å². The highest BCUT2D eigenvalue weighted by Gasteiger charge is 2.27. The Morgan fingerprint density at radius 2 is 2.03 bits per heavy atom. The number of carbonyl (C=O) groups excluding carboxylic acids is 2. The van der Waals surface area contributed by atoms with E-state index >= 15 is 0 Å². The van der Waals surface area contributed by atoms with Crippen LogP contribution in [0.4, 0.5) is 9.93 Å². The number of benzene rings is 1. The Hall–Kier alpha value is -2.87. The van der Waals surface area contributed by atoms with Crippen molar-refractivity contribution in [3.05, 3.63) is 46.6 Å². The van der Waals surface area contributed by atoms with Gasteiger partial charge in [-0.2, -0.15) is 0 Å². The predicted molar refractivity (Wildman–Crippen MR) is 113 cm³/mol. The lowest BCUT2D eigenvalue weighted by atomic mass is 10.1. The molecule has 5 rings (SSSR count). The van der Waals surface area contributed by atoms with Crippen LogP contribution in [-0.2, 0) is 13.0 Å². The summed E-state index contributed by atoms with van der Waals surface area (Å²) >= 11 is 1.46. The zero-order valence-electron chi connectivity index (χ0n) is 16.0. The monoisotopic (exact) mass is 409 g/mol. The highest BCUT2D eigenvalue weighted by atomic mass is 32.1. The Bertz CT molecular complexity index is 1070. The molecule has 0 atom stereocenters. The maximum absolute atomic E-state index is 13.1. The molecule has 3 amide bonds. The van der Waals surface area contributed by atoms with Crippen molar-refractivity contribution in [3.63, 3.8) is 0 Å². The average molecular weight is 410 g/mol. The molecule has 2 aromatic heterocycles. The van der Waals surface area contributed by atoms with Gasteiger partial charge >= 0.3 is 6.03 Å². The van der Waals surface area contributed by atoms with E-state index < -0.39 is 0 Å². The largest absolute Gasteiger partial charge is 0.360 e. The molecule has 2 aliphatic rings. The zero-order valence-corrected chi connectivity index (χ0v) is 16.8. The highest BCUT2D eigenvalue weighted by Crippen LogP contribution is 2.30. The van der Waals surface area contributed by atoms with Crippen molar-refractivity contribution in [1.82, 2.24) is 20.2 Å². The molecule has 3 aromatic rings. The summed E-state index contributed by atoms with van der Waals surface area (Å²) in [5.74, 6) is 0.0231. The summed E-state index contributed by atoms with van der Waals surface area (Å²) in [5.41, 5.74) is 2.64. The van der Waals surface area contributed by atoms with Gasteiger partial charge in [0.15, 0.2) is 5.13 Å². The molecule has 7 nitrogen and oxygen atoms in total. The summed E-state index contributed by atoms with van der Waals surface area (Å²) in [6, 6.07) is 7.92. The number of hydrogen-bond donors (Lipinski definition) is 3. The number of nitrogens with one attached hydrogen (secondary N) is 3. The zero-order chi connectivity index (χ0) is 19.8. The summed E-state index contributed by atoms with van der Waals surface area (Å²) < 4.78 is 0. The van der Waals surface area contributed by atoms with Gasteiger partial charge in [-0.15, -0.1) is 0 Å². The number of fused-ring (bicyclic) bond motifs is 2. The Kier molecular flexibility index (Phi) is 4.71. The number of para-hydroxylation sites is 1. The molecule has 1 saturated carbocycles. The summed E-state index contributed by atoms with van der Waals surface area (Å²) in [7, 11) is 0. The molecule has 3 N–H and O–H groups in total. The molecule has 0 bridgehead atoms. The minimum Gasteiger partial charge on any atom is -0.360 e. The molecule has 0 unspecified atom stereocenters. The third kappa shape index (κ3) is 3.60. The van der Waals surface area contributed by atoms with Crippen molar-refractivity contribution in [3.8, 4) is 0 Å². The van der Waals surface area contributed by atoms with Gasteiger partial charge in [0.1, 0.15) is 0 Å². The number of urea groups is 1. The maximum Gasteiger partial charge on any atom is 0.321 e. The van der Waals surface area contributed by atoms with E-state index in [2.05, 4.69) is 20.6 Å². The highest BCUT2D eigenvalue weighted by molar-refractivity contribution is 7.15. The van der Waals surface area contributed by atoms with Crippen LogP contribution < -0.4 is 10.6 Å². The van der Waals surface area contributed by atoms with Gasteiger partial charge in [0.2, 0.25) is 0 Å². The molecule has 1 aliphatic carbocycles. The van der Waals surface area contributed by atoms with Gasteiger partial charge in [-0.05, 0) is 18.9 Å². The van der Waals surface area contributed by atoms with E-state index in [0.717, 1.165) is 34.3 Å². The number of hydrogen-bond acceptors (Lipinski definition) is 4. The van der Waals surface area contributed by atoms with Crippen LogP contribution in [0.2, 0.25) is 0 Å². The molecule has 1 aliphatic heterocycles.